The van der Waals surface area contributed by atoms with Crippen LogP contribution in [0.15, 0.2) is 48.8 Å². The van der Waals surface area contributed by atoms with Crippen LogP contribution in [0.5, 0.6) is 0 Å². The van der Waals surface area contributed by atoms with Crippen LogP contribution in [0.2, 0.25) is 0 Å². The van der Waals surface area contributed by atoms with Crippen LogP contribution in [-0.4, -0.2) is 9.97 Å². The average Bonchev–Trinajstić information content (AvgIpc) is 2.82. The van der Waals surface area contributed by atoms with E-state index >= 15 is 0 Å². The average molecular weight is 466 g/mol. The molecule has 172 valence electrons. The molecule has 0 atom stereocenters. The number of rotatable bonds is 5. The number of aryl methyl sites for hydroxylation is 1. The minimum atomic E-state index is -1.56. The topological polar surface area (TPSA) is 25.8 Å². The van der Waals surface area contributed by atoms with Gasteiger partial charge in [0.2, 0.25) is 0 Å². The lowest BCUT2D eigenvalue weighted by molar-refractivity contribution is 0.453. The monoisotopic (exact) mass is 466 g/mol. The maximum atomic E-state index is 14.6. The van der Waals surface area contributed by atoms with Crippen LogP contribution in [0.1, 0.15) is 42.9 Å². The number of unbranched alkanes of at least 4 members (excludes halogenated alkanes) is 2. The second kappa shape index (κ2) is 10.0. The van der Waals surface area contributed by atoms with Crippen molar-refractivity contribution in [3.05, 3.63) is 94.6 Å². The molecule has 0 aliphatic heterocycles. The summed E-state index contributed by atoms with van der Waals surface area (Å²) < 4.78 is 70.0. The lowest BCUT2D eigenvalue weighted by Crippen LogP contribution is -1.97. The van der Waals surface area contributed by atoms with Crippen LogP contribution < -0.4 is 0 Å². The molecule has 1 aromatic heterocycles. The maximum absolute atomic E-state index is 14.6. The van der Waals surface area contributed by atoms with Gasteiger partial charge in [0, 0.05) is 28.9 Å². The van der Waals surface area contributed by atoms with E-state index in [9.17, 15) is 22.0 Å². The molecule has 0 fully saturated rings. The van der Waals surface area contributed by atoms with E-state index in [2.05, 4.69) is 28.7 Å². The zero-order valence-electron chi connectivity index (χ0n) is 18.2. The first-order valence-corrected chi connectivity index (χ1v) is 10.8. The highest BCUT2D eigenvalue weighted by molar-refractivity contribution is 5.84. The molecule has 0 radical (unpaired) electrons. The summed E-state index contributed by atoms with van der Waals surface area (Å²) in [6.07, 6.45) is 7.37. The van der Waals surface area contributed by atoms with Crippen molar-refractivity contribution in [2.24, 2.45) is 0 Å². The molecule has 4 rings (SSSR count). The van der Waals surface area contributed by atoms with Gasteiger partial charge in [-0.3, -0.25) is 0 Å². The Morgan fingerprint density at radius 1 is 0.765 bits per heavy atom. The van der Waals surface area contributed by atoms with Crippen LogP contribution >= 0.6 is 0 Å². The van der Waals surface area contributed by atoms with Gasteiger partial charge >= 0.3 is 0 Å². The fourth-order valence-electron chi connectivity index (χ4n) is 3.55. The molecule has 2 nitrogen and oxygen atoms in total. The van der Waals surface area contributed by atoms with Gasteiger partial charge < -0.3 is 0 Å². The Morgan fingerprint density at radius 3 is 2.15 bits per heavy atom. The number of benzene rings is 3. The van der Waals surface area contributed by atoms with Crippen LogP contribution in [0.25, 0.3) is 22.2 Å². The Morgan fingerprint density at radius 2 is 1.47 bits per heavy atom. The van der Waals surface area contributed by atoms with Gasteiger partial charge in [0.1, 0.15) is 11.6 Å². The van der Waals surface area contributed by atoms with Gasteiger partial charge in [0.05, 0.1) is 5.56 Å². The summed E-state index contributed by atoms with van der Waals surface area (Å²) in [6.45, 7) is 2.11. The predicted molar refractivity (Wildman–Crippen MR) is 120 cm³/mol. The molecule has 3 aromatic carbocycles. The standard InChI is InChI=1S/C27H19F5N2/c1-2-3-4-5-17-14-33-27(34-15-17)19-12-22(28)21(23(29)13-19)9-7-16-6-8-20-18(10-16)11-24(30)26(32)25(20)31/h6,8,10-15H,2-5H2,1H3. The third-order valence-corrected chi connectivity index (χ3v) is 5.38. The smallest absolute Gasteiger partial charge is 0.195 e. The van der Waals surface area contributed by atoms with Crippen molar-refractivity contribution in [2.45, 2.75) is 32.6 Å². The molecule has 7 heteroatoms. The quantitative estimate of drug-likeness (QED) is 0.135. The minimum absolute atomic E-state index is 0.0785. The van der Waals surface area contributed by atoms with Crippen molar-refractivity contribution in [1.82, 2.24) is 9.97 Å². The Hall–Kier alpha value is -3.79. The summed E-state index contributed by atoms with van der Waals surface area (Å²) >= 11 is 0. The Kier molecular flexibility index (Phi) is 6.87. The number of nitrogens with zero attached hydrogens (tertiary/aromatic N) is 2. The molecule has 0 saturated heterocycles. The summed E-state index contributed by atoms with van der Waals surface area (Å²) in [7, 11) is 0. The van der Waals surface area contributed by atoms with Gasteiger partial charge in [-0.2, -0.15) is 0 Å². The van der Waals surface area contributed by atoms with Crippen LogP contribution in [0.4, 0.5) is 22.0 Å². The number of fused-ring (bicyclic) bond motifs is 1. The van der Waals surface area contributed by atoms with E-state index in [1.54, 1.807) is 12.4 Å². The Balaban J connectivity index is 1.60. The lowest BCUT2D eigenvalue weighted by atomic mass is 10.0. The van der Waals surface area contributed by atoms with Crippen molar-refractivity contribution in [1.29, 1.82) is 0 Å². The second-order valence-electron chi connectivity index (χ2n) is 7.86. The van der Waals surface area contributed by atoms with Gasteiger partial charge in [-0.1, -0.05) is 37.7 Å². The van der Waals surface area contributed by atoms with Gasteiger partial charge in [-0.15, -0.1) is 0 Å². The van der Waals surface area contributed by atoms with Crippen molar-refractivity contribution in [2.75, 3.05) is 0 Å². The third-order valence-electron chi connectivity index (χ3n) is 5.38. The highest BCUT2D eigenvalue weighted by Gasteiger charge is 2.14. The molecule has 4 aromatic rings. The van der Waals surface area contributed by atoms with E-state index in [4.69, 9.17) is 0 Å². The summed E-state index contributed by atoms with van der Waals surface area (Å²) in [5.41, 5.74) is 0.928. The van der Waals surface area contributed by atoms with Gasteiger partial charge in [0.25, 0.3) is 0 Å². The molecule has 34 heavy (non-hydrogen) atoms. The predicted octanol–water partition coefficient (Wildman–Crippen LogP) is 7.12. The highest BCUT2D eigenvalue weighted by Crippen LogP contribution is 2.25. The molecule has 0 bridgehead atoms. The minimum Gasteiger partial charge on any atom is -0.236 e. The van der Waals surface area contributed by atoms with E-state index in [1.807, 2.05) is 0 Å². The van der Waals surface area contributed by atoms with E-state index in [-0.39, 0.29) is 27.7 Å². The van der Waals surface area contributed by atoms with Crippen molar-refractivity contribution < 1.29 is 22.0 Å². The Labute approximate surface area is 193 Å². The van der Waals surface area contributed by atoms with Crippen molar-refractivity contribution in [3.63, 3.8) is 0 Å². The summed E-state index contributed by atoms with van der Waals surface area (Å²) in [4.78, 5) is 8.43. The molecule has 0 aliphatic carbocycles. The third kappa shape index (κ3) is 4.91. The first-order valence-electron chi connectivity index (χ1n) is 10.8. The summed E-state index contributed by atoms with van der Waals surface area (Å²) in [5, 5.41) is -0.0441. The molecule has 0 spiro atoms. The SMILES string of the molecule is CCCCCc1cnc(-c2cc(F)c(C#Cc3ccc4c(F)c(F)c(F)cc4c3)c(F)c2)nc1. The molecular weight excluding hydrogens is 447 g/mol. The van der Waals surface area contributed by atoms with Crippen molar-refractivity contribution in [3.8, 4) is 23.2 Å². The molecule has 1 heterocycles. The maximum Gasteiger partial charge on any atom is 0.195 e. The fourth-order valence-corrected chi connectivity index (χ4v) is 3.55. The van der Waals surface area contributed by atoms with E-state index < -0.39 is 34.6 Å². The molecule has 0 unspecified atom stereocenters. The molecule has 0 amide bonds. The normalized spacial score (nSPS) is 10.9. The first kappa shape index (κ1) is 23.4. The van der Waals surface area contributed by atoms with Crippen LogP contribution in [0, 0.1) is 40.9 Å². The lowest BCUT2D eigenvalue weighted by Gasteiger charge is -2.05. The van der Waals surface area contributed by atoms with E-state index in [0.717, 1.165) is 49.4 Å². The van der Waals surface area contributed by atoms with E-state index in [1.165, 1.54) is 18.2 Å². The fraction of sp³-hybridized carbons (Fsp3) is 0.185. The second-order valence-corrected chi connectivity index (χ2v) is 7.86. The van der Waals surface area contributed by atoms with Crippen LogP contribution in [0.3, 0.4) is 0 Å². The molecule has 0 N–H and O–H groups in total. The van der Waals surface area contributed by atoms with Gasteiger partial charge in [-0.25, -0.2) is 31.9 Å². The zero-order chi connectivity index (χ0) is 24.2. The molecule has 0 aliphatic rings. The van der Waals surface area contributed by atoms with Gasteiger partial charge in [0.15, 0.2) is 23.3 Å². The number of hydrogen-bond acceptors (Lipinski definition) is 2. The van der Waals surface area contributed by atoms with Crippen molar-refractivity contribution >= 4 is 10.8 Å². The largest absolute Gasteiger partial charge is 0.236 e. The zero-order valence-corrected chi connectivity index (χ0v) is 18.2. The van der Waals surface area contributed by atoms with Gasteiger partial charge in [-0.05, 0) is 54.1 Å². The van der Waals surface area contributed by atoms with Crippen LogP contribution in [-0.2, 0) is 6.42 Å². The number of aromatic nitrogens is 2. The highest BCUT2D eigenvalue weighted by atomic mass is 19.2. The summed E-state index contributed by atoms with van der Waals surface area (Å²) in [5.74, 6) is -0.794. The molecular formula is C27H19F5N2. The summed E-state index contributed by atoms with van der Waals surface area (Å²) in [6, 6.07) is 6.95. The van der Waals surface area contributed by atoms with E-state index in [0.29, 0.717) is 0 Å². The number of hydrogen-bond donors (Lipinski definition) is 0. The Bertz CT molecular complexity index is 1400. The number of halogens is 5. The molecule has 0 saturated carbocycles. The first-order chi connectivity index (χ1) is 16.4.